The second kappa shape index (κ2) is 3.36. The summed E-state index contributed by atoms with van der Waals surface area (Å²) < 4.78 is 4.89. The number of amides is 2. The van der Waals surface area contributed by atoms with E-state index >= 15 is 0 Å². The number of imide groups is 1. The van der Waals surface area contributed by atoms with E-state index in [-0.39, 0.29) is 12.5 Å². The summed E-state index contributed by atoms with van der Waals surface area (Å²) in [5.41, 5.74) is -0.516. The molecule has 0 aromatic heterocycles. The second-order valence-corrected chi connectivity index (χ2v) is 3.73. The molecule has 0 aromatic carbocycles. The highest BCUT2D eigenvalue weighted by atomic mass is 16.6. The molecule has 1 fully saturated rings. The Bertz CT molecular complexity index is 239. The first-order chi connectivity index (χ1) is 6.01. The summed E-state index contributed by atoms with van der Waals surface area (Å²) in [4.78, 5) is 23.7. The standard InChI is InChI=1S/C9H15NO3/c1-4-5-9(2)6-13-8(12)10(3)7(9)11/h4-6H2,1-3H3. The van der Waals surface area contributed by atoms with Crippen molar-refractivity contribution in [2.24, 2.45) is 5.41 Å². The van der Waals surface area contributed by atoms with Crippen molar-refractivity contribution in [1.29, 1.82) is 0 Å². The van der Waals surface area contributed by atoms with Gasteiger partial charge in [-0.3, -0.25) is 4.79 Å². The molecule has 4 heteroatoms. The monoisotopic (exact) mass is 185 g/mol. The van der Waals surface area contributed by atoms with Gasteiger partial charge in [-0.25, -0.2) is 9.69 Å². The molecule has 1 atom stereocenters. The molecule has 0 bridgehead atoms. The summed E-state index contributed by atoms with van der Waals surface area (Å²) in [6.45, 7) is 4.06. The zero-order chi connectivity index (χ0) is 10.1. The van der Waals surface area contributed by atoms with Crippen LogP contribution in [0.3, 0.4) is 0 Å². The predicted octanol–water partition coefficient (Wildman–Crippen LogP) is 1.40. The van der Waals surface area contributed by atoms with E-state index in [1.807, 2.05) is 13.8 Å². The summed E-state index contributed by atoms with van der Waals surface area (Å²) in [7, 11) is 1.46. The third-order valence-corrected chi connectivity index (χ3v) is 2.41. The Balaban J connectivity index is 2.79. The second-order valence-electron chi connectivity index (χ2n) is 3.73. The van der Waals surface area contributed by atoms with Gasteiger partial charge < -0.3 is 4.74 Å². The number of cyclic esters (lactones) is 1. The van der Waals surface area contributed by atoms with Crippen LogP contribution < -0.4 is 0 Å². The average Bonchev–Trinajstić information content (AvgIpc) is 2.10. The van der Waals surface area contributed by atoms with Gasteiger partial charge in [0.25, 0.3) is 0 Å². The third kappa shape index (κ3) is 1.66. The van der Waals surface area contributed by atoms with Gasteiger partial charge in [0.2, 0.25) is 5.91 Å². The van der Waals surface area contributed by atoms with Gasteiger partial charge in [-0.1, -0.05) is 13.3 Å². The van der Waals surface area contributed by atoms with Gasteiger partial charge in [-0.15, -0.1) is 0 Å². The van der Waals surface area contributed by atoms with E-state index in [0.717, 1.165) is 17.7 Å². The Labute approximate surface area is 77.8 Å². The quantitative estimate of drug-likeness (QED) is 0.653. The summed E-state index contributed by atoms with van der Waals surface area (Å²) in [5, 5.41) is 0. The molecule has 1 rings (SSSR count). The summed E-state index contributed by atoms with van der Waals surface area (Å²) in [6, 6.07) is 0. The molecule has 0 saturated carbocycles. The van der Waals surface area contributed by atoms with E-state index in [4.69, 9.17) is 4.74 Å². The van der Waals surface area contributed by atoms with Crippen LogP contribution in [0, 0.1) is 5.41 Å². The highest BCUT2D eigenvalue weighted by Gasteiger charge is 2.42. The van der Waals surface area contributed by atoms with Crippen molar-refractivity contribution in [3.63, 3.8) is 0 Å². The van der Waals surface area contributed by atoms with Gasteiger partial charge in [-0.05, 0) is 13.3 Å². The van der Waals surface area contributed by atoms with E-state index < -0.39 is 11.5 Å². The smallest absolute Gasteiger partial charge is 0.416 e. The molecule has 2 amide bonds. The molecule has 1 aliphatic rings. The highest BCUT2D eigenvalue weighted by molar-refractivity contribution is 5.96. The Morgan fingerprint density at radius 3 is 2.69 bits per heavy atom. The van der Waals surface area contributed by atoms with Gasteiger partial charge in [0.15, 0.2) is 0 Å². The largest absolute Gasteiger partial charge is 0.448 e. The molecule has 0 radical (unpaired) electrons. The minimum absolute atomic E-state index is 0.134. The number of rotatable bonds is 2. The van der Waals surface area contributed by atoms with E-state index in [2.05, 4.69) is 0 Å². The van der Waals surface area contributed by atoms with Crippen LogP contribution in [0.5, 0.6) is 0 Å². The SMILES string of the molecule is CCCC1(C)COC(=O)N(C)C1=O. The minimum Gasteiger partial charge on any atom is -0.448 e. The van der Waals surface area contributed by atoms with E-state index in [9.17, 15) is 9.59 Å². The van der Waals surface area contributed by atoms with Crippen LogP contribution in [0.1, 0.15) is 26.7 Å². The molecule has 1 unspecified atom stereocenters. The maximum atomic E-state index is 11.7. The molecule has 74 valence electrons. The topological polar surface area (TPSA) is 46.6 Å². The normalized spacial score (nSPS) is 29.0. The molecule has 4 nitrogen and oxygen atoms in total. The molecule has 1 heterocycles. The Hall–Kier alpha value is -1.06. The molecule has 0 spiro atoms. The van der Waals surface area contributed by atoms with Crippen LogP contribution in [0.2, 0.25) is 0 Å². The van der Waals surface area contributed by atoms with Crippen molar-refractivity contribution in [2.75, 3.05) is 13.7 Å². The van der Waals surface area contributed by atoms with Crippen molar-refractivity contribution >= 4 is 12.0 Å². The van der Waals surface area contributed by atoms with Crippen LogP contribution in [0.25, 0.3) is 0 Å². The first-order valence-electron chi connectivity index (χ1n) is 4.46. The highest BCUT2D eigenvalue weighted by Crippen LogP contribution is 2.29. The first-order valence-corrected chi connectivity index (χ1v) is 4.46. The van der Waals surface area contributed by atoms with E-state index in [1.165, 1.54) is 7.05 Å². The van der Waals surface area contributed by atoms with Crippen molar-refractivity contribution in [1.82, 2.24) is 4.90 Å². The van der Waals surface area contributed by atoms with E-state index in [0.29, 0.717) is 0 Å². The van der Waals surface area contributed by atoms with Crippen LogP contribution in [-0.4, -0.2) is 30.6 Å². The number of hydrogen-bond acceptors (Lipinski definition) is 3. The van der Waals surface area contributed by atoms with Crippen LogP contribution >= 0.6 is 0 Å². The first kappa shape index (κ1) is 10.0. The molecule has 1 saturated heterocycles. The van der Waals surface area contributed by atoms with Gasteiger partial charge >= 0.3 is 6.09 Å². The lowest BCUT2D eigenvalue weighted by Crippen LogP contribution is -2.51. The number of ether oxygens (including phenoxy) is 1. The van der Waals surface area contributed by atoms with Crippen LogP contribution in [0.15, 0.2) is 0 Å². The Kier molecular flexibility index (Phi) is 2.59. The lowest BCUT2D eigenvalue weighted by atomic mass is 9.84. The maximum absolute atomic E-state index is 11.7. The van der Waals surface area contributed by atoms with Crippen molar-refractivity contribution in [3.8, 4) is 0 Å². The van der Waals surface area contributed by atoms with Gasteiger partial charge in [-0.2, -0.15) is 0 Å². The van der Waals surface area contributed by atoms with E-state index in [1.54, 1.807) is 0 Å². The van der Waals surface area contributed by atoms with Crippen LogP contribution in [-0.2, 0) is 9.53 Å². The predicted molar refractivity (Wildman–Crippen MR) is 47.1 cm³/mol. The molecule has 1 aliphatic heterocycles. The van der Waals surface area contributed by atoms with Gasteiger partial charge in [0, 0.05) is 7.05 Å². The molecular formula is C9H15NO3. The van der Waals surface area contributed by atoms with Crippen molar-refractivity contribution in [2.45, 2.75) is 26.7 Å². The maximum Gasteiger partial charge on any atom is 0.416 e. The molecule has 13 heavy (non-hydrogen) atoms. The molecule has 0 aliphatic carbocycles. The van der Waals surface area contributed by atoms with Crippen LogP contribution in [0.4, 0.5) is 4.79 Å². The summed E-state index contributed by atoms with van der Waals surface area (Å²) >= 11 is 0. The Morgan fingerprint density at radius 1 is 1.54 bits per heavy atom. The fraction of sp³-hybridized carbons (Fsp3) is 0.778. The lowest BCUT2D eigenvalue weighted by molar-refractivity contribution is -0.146. The number of nitrogens with zero attached hydrogens (tertiary/aromatic N) is 1. The van der Waals surface area contributed by atoms with Crippen molar-refractivity contribution < 1.29 is 14.3 Å². The Morgan fingerprint density at radius 2 is 2.15 bits per heavy atom. The van der Waals surface area contributed by atoms with Gasteiger partial charge in [0.1, 0.15) is 6.61 Å². The number of carbonyl (C=O) groups is 2. The zero-order valence-electron chi connectivity index (χ0n) is 8.29. The summed E-state index contributed by atoms with van der Waals surface area (Å²) in [5.74, 6) is -0.134. The van der Waals surface area contributed by atoms with Crippen molar-refractivity contribution in [3.05, 3.63) is 0 Å². The fourth-order valence-electron chi connectivity index (χ4n) is 1.60. The lowest BCUT2D eigenvalue weighted by Gasteiger charge is -2.35. The number of carbonyl (C=O) groups excluding carboxylic acids is 2. The molecule has 0 aromatic rings. The fourth-order valence-corrected chi connectivity index (χ4v) is 1.60. The number of hydrogen-bond donors (Lipinski definition) is 0. The zero-order valence-corrected chi connectivity index (χ0v) is 8.29. The van der Waals surface area contributed by atoms with Gasteiger partial charge in [0.05, 0.1) is 5.41 Å². The third-order valence-electron chi connectivity index (χ3n) is 2.41. The molecule has 0 N–H and O–H groups in total. The summed E-state index contributed by atoms with van der Waals surface area (Å²) in [6.07, 6.45) is 1.12. The minimum atomic E-state index is -0.543. The average molecular weight is 185 g/mol. The molecular weight excluding hydrogens is 170 g/mol.